The molecule has 0 heterocycles. The summed E-state index contributed by atoms with van der Waals surface area (Å²) in [5, 5.41) is 8.83. The molecule has 1 rings (SSSR count). The van der Waals surface area contributed by atoms with Gasteiger partial charge in [0.15, 0.2) is 5.75 Å². The third-order valence-corrected chi connectivity index (χ3v) is 2.28. The van der Waals surface area contributed by atoms with Crippen molar-refractivity contribution in [3.05, 3.63) is 40.9 Å². The Labute approximate surface area is 91.9 Å². The molecule has 0 aliphatic rings. The van der Waals surface area contributed by atoms with Crippen LogP contribution in [-0.4, -0.2) is 6.61 Å². The molecule has 0 amide bonds. The second-order valence-electron chi connectivity index (χ2n) is 2.65. The molecular formula is C11H10BrNO. The first-order valence-corrected chi connectivity index (χ1v) is 5.01. The molecule has 0 bridgehead atoms. The molecule has 0 aliphatic heterocycles. The van der Waals surface area contributed by atoms with E-state index in [0.717, 1.165) is 10.9 Å². The number of hydrogen-bond donors (Lipinski definition) is 0. The Hall–Kier alpha value is -1.27. The van der Waals surface area contributed by atoms with Gasteiger partial charge in [-0.2, -0.15) is 5.26 Å². The fourth-order valence-electron chi connectivity index (χ4n) is 0.988. The summed E-state index contributed by atoms with van der Waals surface area (Å²) in [5.74, 6) is 0.608. The molecule has 72 valence electrons. The van der Waals surface area contributed by atoms with E-state index in [-0.39, 0.29) is 0 Å². The fourth-order valence-corrected chi connectivity index (χ4v) is 1.47. The largest absolute Gasteiger partial charge is 0.491 e. The molecule has 2 nitrogen and oxygen atoms in total. The molecule has 0 spiro atoms. The molecule has 0 radical (unpaired) electrons. The summed E-state index contributed by atoms with van der Waals surface area (Å²) in [7, 11) is 0. The Morgan fingerprint density at radius 2 is 2.36 bits per heavy atom. The van der Waals surface area contributed by atoms with Crippen LogP contribution < -0.4 is 4.74 Å². The van der Waals surface area contributed by atoms with Gasteiger partial charge in [-0.1, -0.05) is 12.1 Å². The van der Waals surface area contributed by atoms with Crippen LogP contribution >= 0.6 is 15.9 Å². The highest BCUT2D eigenvalue weighted by Gasteiger charge is 2.06. The Morgan fingerprint density at radius 1 is 1.57 bits per heavy atom. The zero-order valence-corrected chi connectivity index (χ0v) is 9.25. The third kappa shape index (κ3) is 2.61. The molecule has 1 aromatic rings. The minimum absolute atomic E-state index is 0.542. The van der Waals surface area contributed by atoms with E-state index in [9.17, 15) is 0 Å². The van der Waals surface area contributed by atoms with Crippen molar-refractivity contribution in [1.29, 1.82) is 5.26 Å². The highest BCUT2D eigenvalue weighted by atomic mass is 79.9. The monoisotopic (exact) mass is 251 g/mol. The fraction of sp³-hybridized carbons (Fsp3) is 0.182. The van der Waals surface area contributed by atoms with Gasteiger partial charge in [-0.05, 0) is 34.5 Å². The lowest BCUT2D eigenvalue weighted by Gasteiger charge is -2.07. The number of halogens is 1. The molecule has 3 heteroatoms. The maximum atomic E-state index is 8.83. The molecule has 14 heavy (non-hydrogen) atoms. The minimum atomic E-state index is 0.542. The number of rotatable bonds is 4. The molecule has 0 fully saturated rings. The third-order valence-electron chi connectivity index (χ3n) is 1.66. The van der Waals surface area contributed by atoms with Crippen molar-refractivity contribution >= 4 is 15.9 Å². The van der Waals surface area contributed by atoms with Crippen LogP contribution in [0.5, 0.6) is 5.75 Å². The van der Waals surface area contributed by atoms with Crippen molar-refractivity contribution < 1.29 is 4.74 Å². The average molecular weight is 252 g/mol. The van der Waals surface area contributed by atoms with Crippen LogP contribution in [0.15, 0.2) is 35.3 Å². The van der Waals surface area contributed by atoms with E-state index < -0.39 is 0 Å². The number of nitrogens with zero attached hydrogens (tertiary/aromatic N) is 1. The molecule has 0 aromatic heterocycles. The number of hydrogen-bond acceptors (Lipinski definition) is 2. The zero-order chi connectivity index (χ0) is 10.4. The van der Waals surface area contributed by atoms with Crippen LogP contribution in [0.3, 0.4) is 0 Å². The van der Waals surface area contributed by atoms with Gasteiger partial charge >= 0.3 is 0 Å². The molecule has 0 atom stereocenters. The average Bonchev–Trinajstić information content (AvgIpc) is 2.20. The zero-order valence-electron chi connectivity index (χ0n) is 7.66. The van der Waals surface area contributed by atoms with E-state index in [4.69, 9.17) is 10.00 Å². The first-order chi connectivity index (χ1) is 6.79. The van der Waals surface area contributed by atoms with Gasteiger partial charge in [0.05, 0.1) is 16.6 Å². The number of ether oxygens (including phenoxy) is 1. The summed E-state index contributed by atoms with van der Waals surface area (Å²) in [6, 6.07) is 7.47. The van der Waals surface area contributed by atoms with Gasteiger partial charge < -0.3 is 4.74 Å². The van der Waals surface area contributed by atoms with Crippen LogP contribution in [-0.2, 0) is 0 Å². The van der Waals surface area contributed by atoms with Gasteiger partial charge in [0.25, 0.3) is 0 Å². The minimum Gasteiger partial charge on any atom is -0.491 e. The standard InChI is InChI=1S/C11H10BrNO/c1-2-3-7-14-11-9(8-13)5-4-6-10(11)12/h2,4-6H,1,3,7H2. The molecule has 1 aromatic carbocycles. The van der Waals surface area contributed by atoms with E-state index >= 15 is 0 Å². The highest BCUT2D eigenvalue weighted by Crippen LogP contribution is 2.28. The van der Waals surface area contributed by atoms with E-state index in [1.165, 1.54) is 0 Å². The summed E-state index contributed by atoms with van der Waals surface area (Å²) < 4.78 is 6.26. The quantitative estimate of drug-likeness (QED) is 0.608. The first-order valence-electron chi connectivity index (χ1n) is 4.22. The van der Waals surface area contributed by atoms with E-state index in [2.05, 4.69) is 28.6 Å². The molecule has 0 unspecified atom stereocenters. The SMILES string of the molecule is C=CCCOc1c(Br)cccc1C#N. The maximum Gasteiger partial charge on any atom is 0.151 e. The van der Waals surface area contributed by atoms with Crippen LogP contribution in [0, 0.1) is 11.3 Å². The summed E-state index contributed by atoms with van der Waals surface area (Å²) in [4.78, 5) is 0. The Morgan fingerprint density at radius 3 is 3.00 bits per heavy atom. The Balaban J connectivity index is 2.83. The molecule has 0 N–H and O–H groups in total. The second-order valence-corrected chi connectivity index (χ2v) is 3.51. The molecule has 0 aliphatic carbocycles. The van der Waals surface area contributed by atoms with Crippen molar-refractivity contribution in [2.45, 2.75) is 6.42 Å². The van der Waals surface area contributed by atoms with E-state index in [1.54, 1.807) is 12.1 Å². The Bertz CT molecular complexity index is 368. The van der Waals surface area contributed by atoms with Crippen LogP contribution in [0.2, 0.25) is 0 Å². The van der Waals surface area contributed by atoms with Crippen LogP contribution in [0.25, 0.3) is 0 Å². The van der Waals surface area contributed by atoms with E-state index in [0.29, 0.717) is 17.9 Å². The highest BCUT2D eigenvalue weighted by molar-refractivity contribution is 9.10. The van der Waals surface area contributed by atoms with Gasteiger partial charge in [0, 0.05) is 0 Å². The lowest BCUT2D eigenvalue weighted by atomic mass is 10.2. The predicted molar refractivity (Wildman–Crippen MR) is 59.2 cm³/mol. The number of para-hydroxylation sites is 1. The van der Waals surface area contributed by atoms with Gasteiger partial charge in [-0.25, -0.2) is 0 Å². The van der Waals surface area contributed by atoms with Gasteiger partial charge in [-0.15, -0.1) is 6.58 Å². The van der Waals surface area contributed by atoms with Crippen molar-refractivity contribution in [3.8, 4) is 11.8 Å². The van der Waals surface area contributed by atoms with Crippen molar-refractivity contribution in [2.24, 2.45) is 0 Å². The molecule has 0 saturated heterocycles. The van der Waals surface area contributed by atoms with Crippen molar-refractivity contribution in [3.63, 3.8) is 0 Å². The molecular weight excluding hydrogens is 242 g/mol. The van der Waals surface area contributed by atoms with E-state index in [1.807, 2.05) is 12.1 Å². The summed E-state index contributed by atoms with van der Waals surface area (Å²) in [6.07, 6.45) is 2.55. The smallest absolute Gasteiger partial charge is 0.151 e. The second kappa shape index (κ2) is 5.46. The first kappa shape index (κ1) is 10.8. The number of nitriles is 1. The van der Waals surface area contributed by atoms with Crippen molar-refractivity contribution in [2.75, 3.05) is 6.61 Å². The van der Waals surface area contributed by atoms with Gasteiger partial charge in [0.2, 0.25) is 0 Å². The lowest BCUT2D eigenvalue weighted by molar-refractivity contribution is 0.322. The normalized spacial score (nSPS) is 9.14. The van der Waals surface area contributed by atoms with Crippen LogP contribution in [0.4, 0.5) is 0 Å². The van der Waals surface area contributed by atoms with Crippen LogP contribution in [0.1, 0.15) is 12.0 Å². The van der Waals surface area contributed by atoms with Gasteiger partial charge in [-0.3, -0.25) is 0 Å². The summed E-state index contributed by atoms with van der Waals surface area (Å²) >= 11 is 3.34. The maximum absolute atomic E-state index is 8.83. The predicted octanol–water partition coefficient (Wildman–Crippen LogP) is 3.28. The molecule has 0 saturated carbocycles. The Kier molecular flexibility index (Phi) is 4.21. The lowest BCUT2D eigenvalue weighted by Crippen LogP contribution is -1.98. The summed E-state index contributed by atoms with van der Waals surface area (Å²) in [6.45, 7) is 4.14. The van der Waals surface area contributed by atoms with Gasteiger partial charge in [0.1, 0.15) is 6.07 Å². The van der Waals surface area contributed by atoms with Crippen molar-refractivity contribution in [1.82, 2.24) is 0 Å². The topological polar surface area (TPSA) is 33.0 Å². The summed E-state index contributed by atoms with van der Waals surface area (Å²) in [5.41, 5.74) is 0.545. The number of benzene rings is 1.